The molecule has 39 heavy (non-hydrogen) atoms. The Hall–Kier alpha value is -4.14. The van der Waals surface area contributed by atoms with Gasteiger partial charge in [-0.3, -0.25) is 9.20 Å². The van der Waals surface area contributed by atoms with Gasteiger partial charge in [-0.25, -0.2) is 9.97 Å². The van der Waals surface area contributed by atoms with Crippen LogP contribution in [-0.2, 0) is 17.5 Å². The molecule has 1 amide bonds. The van der Waals surface area contributed by atoms with Crippen molar-refractivity contribution in [1.29, 1.82) is 0 Å². The maximum Gasteiger partial charge on any atom is 0.416 e. The van der Waals surface area contributed by atoms with E-state index in [1.807, 2.05) is 56.3 Å². The number of halogens is 3. The minimum atomic E-state index is -4.44. The zero-order valence-corrected chi connectivity index (χ0v) is 21.1. The summed E-state index contributed by atoms with van der Waals surface area (Å²) in [4.78, 5) is 23.5. The third kappa shape index (κ3) is 4.35. The number of fused-ring (bicyclic) bond motifs is 2. The number of amides is 1. The molecule has 1 aliphatic carbocycles. The fourth-order valence-electron chi connectivity index (χ4n) is 5.71. The van der Waals surface area contributed by atoms with Gasteiger partial charge in [-0.05, 0) is 61.1 Å². The highest BCUT2D eigenvalue weighted by Crippen LogP contribution is 2.36. The molecule has 0 unspecified atom stereocenters. The first-order valence-corrected chi connectivity index (χ1v) is 13.2. The smallest absolute Gasteiger partial charge is 0.342 e. The predicted molar refractivity (Wildman–Crippen MR) is 142 cm³/mol. The van der Waals surface area contributed by atoms with Crippen molar-refractivity contribution in [2.45, 2.75) is 32.0 Å². The van der Waals surface area contributed by atoms with Crippen molar-refractivity contribution in [2.75, 3.05) is 13.1 Å². The van der Waals surface area contributed by atoms with Gasteiger partial charge in [0, 0.05) is 31.1 Å². The van der Waals surface area contributed by atoms with Gasteiger partial charge in [0.05, 0.1) is 40.3 Å². The lowest BCUT2D eigenvalue weighted by Gasteiger charge is -2.18. The summed E-state index contributed by atoms with van der Waals surface area (Å²) in [6.07, 6.45) is 1.95. The van der Waals surface area contributed by atoms with E-state index in [-0.39, 0.29) is 17.7 Å². The molecule has 9 heteroatoms. The number of likely N-dealkylation sites (tertiary alicyclic amines) is 1. The first-order chi connectivity index (χ1) is 18.8. The van der Waals surface area contributed by atoms with Gasteiger partial charge in [0.1, 0.15) is 5.82 Å². The predicted octanol–water partition coefficient (Wildman–Crippen LogP) is 6.30. The van der Waals surface area contributed by atoms with E-state index in [9.17, 15) is 18.0 Å². The molecular formula is C30H26F3N5O. The number of alkyl halides is 3. The van der Waals surface area contributed by atoms with Crippen LogP contribution in [0, 0.1) is 11.8 Å². The number of hydrogen-bond donors (Lipinski definition) is 0. The Labute approximate surface area is 222 Å². The molecule has 0 spiro atoms. The molecule has 2 fully saturated rings. The lowest BCUT2D eigenvalue weighted by Crippen LogP contribution is -2.30. The van der Waals surface area contributed by atoms with Gasteiger partial charge >= 0.3 is 6.18 Å². The first kappa shape index (κ1) is 23.9. The van der Waals surface area contributed by atoms with E-state index >= 15 is 0 Å². The molecule has 1 saturated carbocycles. The fraction of sp³-hybridized carbons (Fsp3) is 0.300. The van der Waals surface area contributed by atoms with E-state index in [1.165, 1.54) is 6.07 Å². The number of carbonyl (C=O) groups excluding carboxylic acids is 1. The molecule has 4 heterocycles. The molecule has 0 bridgehead atoms. The molecule has 3 aromatic heterocycles. The molecule has 7 rings (SSSR count). The van der Waals surface area contributed by atoms with Crippen molar-refractivity contribution in [3.05, 3.63) is 78.8 Å². The summed E-state index contributed by atoms with van der Waals surface area (Å²) in [6.45, 7) is 1.99. The Morgan fingerprint density at radius 2 is 1.77 bits per heavy atom. The van der Waals surface area contributed by atoms with E-state index in [0.29, 0.717) is 29.9 Å². The number of aromatic nitrogens is 4. The van der Waals surface area contributed by atoms with Gasteiger partial charge in [-0.1, -0.05) is 30.3 Å². The minimum absolute atomic E-state index is 0.181. The molecular weight excluding hydrogens is 503 g/mol. The monoisotopic (exact) mass is 529 g/mol. The molecule has 0 N–H and O–H groups in total. The van der Waals surface area contributed by atoms with Crippen molar-refractivity contribution >= 4 is 22.5 Å². The summed E-state index contributed by atoms with van der Waals surface area (Å²) in [5, 5.41) is 0. The van der Waals surface area contributed by atoms with Gasteiger partial charge in [0.2, 0.25) is 5.91 Å². The van der Waals surface area contributed by atoms with Gasteiger partial charge in [-0.2, -0.15) is 13.2 Å². The largest absolute Gasteiger partial charge is 0.416 e. The van der Waals surface area contributed by atoms with E-state index in [4.69, 9.17) is 4.98 Å². The second-order valence-electron chi connectivity index (χ2n) is 10.6. The number of nitrogens with zero attached hydrogens (tertiary/aromatic N) is 5. The average molecular weight is 530 g/mol. The number of carbonyl (C=O) groups is 1. The standard InChI is InChI=1S/C30H26F3N5O/c31-30(32,33)23-10-11-27-25(14-23)35-28(37(27)17-19-12-13-36(16-19)29(39)22-8-9-22)21-6-4-20(5-7-21)26-3-1-2-24-15-34-18-38(24)26/h1-7,10-11,14-15,18-19,22H,8-9,12-13,16-17H2/t19-/m0/s1. The van der Waals surface area contributed by atoms with Crippen molar-refractivity contribution < 1.29 is 18.0 Å². The number of imidazole rings is 2. The molecule has 1 saturated heterocycles. The van der Waals surface area contributed by atoms with Crippen LogP contribution in [0.25, 0.3) is 39.2 Å². The summed E-state index contributed by atoms with van der Waals surface area (Å²) in [6, 6.07) is 17.7. The highest BCUT2D eigenvalue weighted by molar-refractivity contribution is 5.82. The van der Waals surface area contributed by atoms with Crippen LogP contribution in [0.4, 0.5) is 13.2 Å². The van der Waals surface area contributed by atoms with E-state index < -0.39 is 11.7 Å². The van der Waals surface area contributed by atoms with E-state index in [1.54, 1.807) is 12.5 Å². The molecule has 1 atom stereocenters. The molecule has 1 aliphatic heterocycles. The molecule has 2 aliphatic rings. The minimum Gasteiger partial charge on any atom is -0.342 e. The molecule has 198 valence electrons. The van der Waals surface area contributed by atoms with Crippen molar-refractivity contribution in [2.24, 2.45) is 11.8 Å². The Bertz CT molecular complexity index is 1700. The first-order valence-electron chi connectivity index (χ1n) is 13.2. The second-order valence-corrected chi connectivity index (χ2v) is 10.6. The zero-order valence-electron chi connectivity index (χ0n) is 21.1. The van der Waals surface area contributed by atoms with Crippen LogP contribution in [-0.4, -0.2) is 42.8 Å². The Morgan fingerprint density at radius 1 is 0.974 bits per heavy atom. The van der Waals surface area contributed by atoms with Crippen molar-refractivity contribution in [3.8, 4) is 22.6 Å². The van der Waals surface area contributed by atoms with Crippen LogP contribution < -0.4 is 0 Å². The van der Waals surface area contributed by atoms with Crippen LogP contribution >= 0.6 is 0 Å². The highest BCUT2D eigenvalue weighted by Gasteiger charge is 2.37. The van der Waals surface area contributed by atoms with Gasteiger partial charge in [0.15, 0.2) is 0 Å². The summed E-state index contributed by atoms with van der Waals surface area (Å²) in [7, 11) is 0. The molecule has 0 radical (unpaired) electrons. The molecule has 6 nitrogen and oxygen atoms in total. The van der Waals surface area contributed by atoms with Gasteiger partial charge in [-0.15, -0.1) is 0 Å². The lowest BCUT2D eigenvalue weighted by atomic mass is 10.1. The average Bonchev–Trinajstić information content (AvgIpc) is 3.31. The van der Waals surface area contributed by atoms with E-state index in [2.05, 4.69) is 4.98 Å². The third-order valence-electron chi connectivity index (χ3n) is 7.93. The number of rotatable bonds is 5. The van der Waals surface area contributed by atoms with Crippen molar-refractivity contribution in [3.63, 3.8) is 0 Å². The maximum atomic E-state index is 13.5. The third-order valence-corrected chi connectivity index (χ3v) is 7.93. The number of benzene rings is 2. The maximum absolute atomic E-state index is 13.5. The quantitative estimate of drug-likeness (QED) is 0.269. The Morgan fingerprint density at radius 3 is 2.54 bits per heavy atom. The van der Waals surface area contributed by atoms with Crippen LogP contribution in [0.15, 0.2) is 73.2 Å². The van der Waals surface area contributed by atoms with Crippen LogP contribution in [0.2, 0.25) is 0 Å². The van der Waals surface area contributed by atoms with Gasteiger partial charge < -0.3 is 9.47 Å². The molecule has 2 aromatic carbocycles. The zero-order chi connectivity index (χ0) is 26.7. The summed E-state index contributed by atoms with van der Waals surface area (Å²) in [5.74, 6) is 1.26. The van der Waals surface area contributed by atoms with E-state index in [0.717, 1.165) is 60.3 Å². The SMILES string of the molecule is O=C(C1CC1)N1CC[C@H](Cn2c(-c3ccc(-c4cccc5cncn45)cc3)nc3cc(C(F)(F)F)ccc32)C1. The highest BCUT2D eigenvalue weighted by atomic mass is 19.4. The number of pyridine rings is 1. The van der Waals surface area contributed by atoms with Crippen LogP contribution in [0.1, 0.15) is 24.8 Å². The Kier molecular flexibility index (Phi) is 5.50. The van der Waals surface area contributed by atoms with Crippen LogP contribution in [0.3, 0.4) is 0 Å². The lowest BCUT2D eigenvalue weighted by molar-refractivity contribution is -0.137. The second kappa shape index (κ2) is 8.97. The van der Waals surface area contributed by atoms with Crippen molar-refractivity contribution in [1.82, 2.24) is 23.8 Å². The summed E-state index contributed by atoms with van der Waals surface area (Å²) >= 11 is 0. The normalized spacial score (nSPS) is 17.9. The molecule has 5 aromatic rings. The summed E-state index contributed by atoms with van der Waals surface area (Å²) < 4.78 is 44.5. The van der Waals surface area contributed by atoms with Gasteiger partial charge in [0.25, 0.3) is 0 Å². The number of hydrogen-bond acceptors (Lipinski definition) is 3. The van der Waals surface area contributed by atoms with Crippen LogP contribution in [0.5, 0.6) is 0 Å². The fourth-order valence-corrected chi connectivity index (χ4v) is 5.71. The topological polar surface area (TPSA) is 55.4 Å². The Balaban J connectivity index is 1.25. The summed E-state index contributed by atoms with van der Waals surface area (Å²) in [5.41, 5.74) is 4.07.